The lowest BCUT2D eigenvalue weighted by molar-refractivity contribution is 0.262. The van der Waals surface area contributed by atoms with Gasteiger partial charge in [0.25, 0.3) is 0 Å². The maximum Gasteiger partial charge on any atom is 0.166 e. The van der Waals surface area contributed by atoms with Crippen LogP contribution in [0.1, 0.15) is 0 Å². The molecule has 0 aliphatic carbocycles. The molecular weight excluding hydrogens is 166 g/mol. The lowest BCUT2D eigenvalue weighted by atomic mass is 10.4. The van der Waals surface area contributed by atoms with Crippen LogP contribution >= 0.6 is 0 Å². The van der Waals surface area contributed by atoms with E-state index >= 15 is 0 Å². The van der Waals surface area contributed by atoms with Crippen LogP contribution in [0.4, 0.5) is 5.82 Å². The fourth-order valence-electron chi connectivity index (χ4n) is 0.863. The number of rotatable bonds is 4. The van der Waals surface area contributed by atoms with Crippen molar-refractivity contribution in [3.8, 4) is 5.75 Å². The molecule has 0 saturated carbocycles. The number of nitrogen functional groups attached to an aromatic ring is 1. The van der Waals surface area contributed by atoms with Crippen LogP contribution in [0.25, 0.3) is 0 Å². The Kier molecular flexibility index (Phi) is 3.52. The molecule has 0 amide bonds. The maximum absolute atomic E-state index is 5.59. The second kappa shape index (κ2) is 4.67. The van der Waals surface area contributed by atoms with Gasteiger partial charge in [-0.1, -0.05) is 0 Å². The smallest absolute Gasteiger partial charge is 0.166 e. The average Bonchev–Trinajstić information content (AvgIpc) is 2.08. The van der Waals surface area contributed by atoms with Crippen LogP contribution in [0.15, 0.2) is 18.3 Å². The van der Waals surface area contributed by atoms with Crippen molar-refractivity contribution in [2.24, 2.45) is 0 Å². The van der Waals surface area contributed by atoms with E-state index < -0.39 is 0 Å². The second-order valence-electron chi connectivity index (χ2n) is 3.04. The van der Waals surface area contributed by atoms with Gasteiger partial charge in [-0.2, -0.15) is 0 Å². The standard InChI is InChI=1S/C9H15N3O/c1-12(2)6-7-13-8-4-3-5-11-9(8)10/h3-5H,6-7H2,1-2H3,(H2,10,11). The van der Waals surface area contributed by atoms with E-state index in [-0.39, 0.29) is 0 Å². The molecule has 4 heteroatoms. The molecular formula is C9H15N3O. The van der Waals surface area contributed by atoms with Gasteiger partial charge in [-0.05, 0) is 26.2 Å². The number of anilines is 1. The highest BCUT2D eigenvalue weighted by Gasteiger charge is 1.99. The Morgan fingerprint density at radius 3 is 2.92 bits per heavy atom. The molecule has 13 heavy (non-hydrogen) atoms. The van der Waals surface area contributed by atoms with Gasteiger partial charge in [-0.25, -0.2) is 4.98 Å². The largest absolute Gasteiger partial charge is 0.488 e. The zero-order valence-corrected chi connectivity index (χ0v) is 8.03. The topological polar surface area (TPSA) is 51.4 Å². The van der Waals surface area contributed by atoms with E-state index in [4.69, 9.17) is 10.5 Å². The van der Waals surface area contributed by atoms with E-state index in [1.165, 1.54) is 0 Å². The van der Waals surface area contributed by atoms with Gasteiger partial charge in [0.2, 0.25) is 0 Å². The number of hydrogen-bond donors (Lipinski definition) is 1. The molecule has 0 aliphatic heterocycles. The summed E-state index contributed by atoms with van der Waals surface area (Å²) in [7, 11) is 3.99. The summed E-state index contributed by atoms with van der Waals surface area (Å²) in [6.45, 7) is 1.50. The number of pyridine rings is 1. The second-order valence-corrected chi connectivity index (χ2v) is 3.04. The fraction of sp³-hybridized carbons (Fsp3) is 0.444. The Hall–Kier alpha value is -1.29. The molecule has 0 saturated heterocycles. The Morgan fingerprint density at radius 1 is 1.54 bits per heavy atom. The molecule has 4 nitrogen and oxygen atoms in total. The van der Waals surface area contributed by atoms with Gasteiger partial charge in [0.15, 0.2) is 11.6 Å². The minimum absolute atomic E-state index is 0.446. The van der Waals surface area contributed by atoms with E-state index in [9.17, 15) is 0 Å². The van der Waals surface area contributed by atoms with Crippen molar-refractivity contribution in [3.05, 3.63) is 18.3 Å². The van der Waals surface area contributed by atoms with E-state index in [0.29, 0.717) is 18.2 Å². The number of nitrogens with zero attached hydrogens (tertiary/aromatic N) is 2. The third-order valence-electron chi connectivity index (χ3n) is 1.60. The summed E-state index contributed by atoms with van der Waals surface area (Å²) < 4.78 is 5.42. The summed E-state index contributed by atoms with van der Waals surface area (Å²) in [4.78, 5) is 5.96. The molecule has 1 heterocycles. The molecule has 0 bridgehead atoms. The molecule has 0 fully saturated rings. The highest BCUT2D eigenvalue weighted by atomic mass is 16.5. The Balaban J connectivity index is 2.41. The summed E-state index contributed by atoms with van der Waals surface area (Å²) in [5.41, 5.74) is 5.59. The highest BCUT2D eigenvalue weighted by Crippen LogP contribution is 2.16. The summed E-state index contributed by atoms with van der Waals surface area (Å²) >= 11 is 0. The summed E-state index contributed by atoms with van der Waals surface area (Å²) in [5, 5.41) is 0. The first-order valence-corrected chi connectivity index (χ1v) is 4.18. The predicted molar refractivity (Wildman–Crippen MR) is 52.7 cm³/mol. The van der Waals surface area contributed by atoms with Crippen molar-refractivity contribution in [3.63, 3.8) is 0 Å². The van der Waals surface area contributed by atoms with Crippen molar-refractivity contribution >= 4 is 5.82 Å². The minimum atomic E-state index is 0.446. The number of hydrogen-bond acceptors (Lipinski definition) is 4. The van der Waals surface area contributed by atoms with E-state index in [1.807, 2.05) is 25.1 Å². The predicted octanol–water partition coefficient (Wildman–Crippen LogP) is 0.604. The van der Waals surface area contributed by atoms with Crippen molar-refractivity contribution in [2.75, 3.05) is 33.0 Å². The minimum Gasteiger partial charge on any atom is -0.488 e. The Bertz CT molecular complexity index is 263. The number of nitrogens with two attached hydrogens (primary N) is 1. The monoisotopic (exact) mass is 181 g/mol. The van der Waals surface area contributed by atoms with Crippen LogP contribution in [0, 0.1) is 0 Å². The highest BCUT2D eigenvalue weighted by molar-refractivity contribution is 5.44. The van der Waals surface area contributed by atoms with Gasteiger partial charge >= 0.3 is 0 Å². The SMILES string of the molecule is CN(C)CCOc1cccnc1N. The number of aromatic nitrogens is 1. The molecule has 0 spiro atoms. The molecule has 2 N–H and O–H groups in total. The van der Waals surface area contributed by atoms with Crippen molar-refractivity contribution in [1.29, 1.82) is 0 Å². The Morgan fingerprint density at radius 2 is 2.31 bits per heavy atom. The van der Waals surface area contributed by atoms with E-state index in [0.717, 1.165) is 6.54 Å². The molecule has 0 aliphatic rings. The van der Waals surface area contributed by atoms with Crippen molar-refractivity contribution in [1.82, 2.24) is 9.88 Å². The van der Waals surface area contributed by atoms with Crippen molar-refractivity contribution < 1.29 is 4.74 Å². The van der Waals surface area contributed by atoms with E-state index in [2.05, 4.69) is 4.98 Å². The van der Waals surface area contributed by atoms with Gasteiger partial charge in [-0.15, -0.1) is 0 Å². The quantitative estimate of drug-likeness (QED) is 0.739. The van der Waals surface area contributed by atoms with Crippen LogP contribution < -0.4 is 10.5 Å². The normalized spacial score (nSPS) is 10.4. The van der Waals surface area contributed by atoms with Crippen LogP contribution in [0.3, 0.4) is 0 Å². The van der Waals surface area contributed by atoms with Crippen LogP contribution in [0.5, 0.6) is 5.75 Å². The molecule has 72 valence electrons. The first-order valence-electron chi connectivity index (χ1n) is 4.18. The molecule has 1 aromatic rings. The average molecular weight is 181 g/mol. The summed E-state index contributed by atoms with van der Waals surface area (Å²) in [6, 6.07) is 3.62. The molecule has 0 unspecified atom stereocenters. The number of ether oxygens (including phenoxy) is 1. The summed E-state index contributed by atoms with van der Waals surface area (Å²) in [6.07, 6.45) is 1.65. The van der Waals surface area contributed by atoms with Gasteiger partial charge < -0.3 is 15.4 Å². The molecule has 1 aromatic heterocycles. The third kappa shape index (κ3) is 3.29. The third-order valence-corrected chi connectivity index (χ3v) is 1.60. The number of likely N-dealkylation sites (N-methyl/N-ethyl adjacent to an activating group) is 1. The zero-order chi connectivity index (χ0) is 9.68. The van der Waals surface area contributed by atoms with Crippen LogP contribution in [0.2, 0.25) is 0 Å². The first kappa shape index (κ1) is 9.80. The van der Waals surface area contributed by atoms with E-state index in [1.54, 1.807) is 12.3 Å². The molecule has 1 rings (SSSR count). The first-order chi connectivity index (χ1) is 6.20. The molecule has 0 radical (unpaired) electrons. The van der Waals surface area contributed by atoms with Crippen LogP contribution in [-0.4, -0.2) is 37.1 Å². The lowest BCUT2D eigenvalue weighted by Crippen LogP contribution is -2.19. The molecule has 0 aromatic carbocycles. The van der Waals surface area contributed by atoms with Gasteiger partial charge in [0, 0.05) is 12.7 Å². The zero-order valence-electron chi connectivity index (χ0n) is 8.03. The molecule has 0 atom stereocenters. The fourth-order valence-corrected chi connectivity index (χ4v) is 0.863. The van der Waals surface area contributed by atoms with Crippen LogP contribution in [-0.2, 0) is 0 Å². The van der Waals surface area contributed by atoms with Gasteiger partial charge in [0.1, 0.15) is 6.61 Å². The Labute approximate surface area is 78.3 Å². The maximum atomic E-state index is 5.59. The van der Waals surface area contributed by atoms with Gasteiger partial charge in [0.05, 0.1) is 0 Å². The van der Waals surface area contributed by atoms with Gasteiger partial charge in [-0.3, -0.25) is 0 Å². The van der Waals surface area contributed by atoms with Crippen molar-refractivity contribution in [2.45, 2.75) is 0 Å². The summed E-state index contributed by atoms with van der Waals surface area (Å²) in [5.74, 6) is 1.10. The lowest BCUT2D eigenvalue weighted by Gasteiger charge is -2.11.